The number of halogens is 1. The number of esters is 1. The number of aromatic nitrogens is 2. The van der Waals surface area contributed by atoms with Gasteiger partial charge in [0.05, 0.1) is 30.7 Å². The molecule has 1 aliphatic carbocycles. The number of carbonyl (C=O) groups is 2. The summed E-state index contributed by atoms with van der Waals surface area (Å²) in [6, 6.07) is 11.7. The van der Waals surface area contributed by atoms with E-state index in [1.54, 1.807) is 0 Å². The molecule has 1 fully saturated rings. The molecule has 0 unspecified atom stereocenters. The summed E-state index contributed by atoms with van der Waals surface area (Å²) in [7, 11) is -0.623. The summed E-state index contributed by atoms with van der Waals surface area (Å²) < 4.78 is 27.4. The van der Waals surface area contributed by atoms with Crippen LogP contribution in [-0.2, 0) is 20.6 Å². The number of rotatable bonds is 10. The Morgan fingerprint density at radius 1 is 0.976 bits per heavy atom. The lowest BCUT2D eigenvalue weighted by atomic mass is 9.86. The standard InChI is InChI=1S/C32H44FN3O4Si/c1-20(2)41(21(3)4,22(5)6)40-19-23-8-17-28-29(18-23)36(27-15-11-25(12-16-27)31(38)39-7)32(34-28)35-30(37)24-9-13-26(33)14-10-24/h8-10,13-14,17-18,20-22,25,27H,11-12,15-16,19H2,1-7H3,(H,34,35,37). The van der Waals surface area contributed by atoms with Crippen molar-refractivity contribution in [3.8, 4) is 0 Å². The van der Waals surface area contributed by atoms with E-state index >= 15 is 0 Å². The Kier molecular flexibility index (Phi) is 9.69. The minimum atomic E-state index is -2.05. The molecule has 2 aromatic carbocycles. The van der Waals surface area contributed by atoms with Crippen LogP contribution in [0.5, 0.6) is 0 Å². The number of carbonyl (C=O) groups excluding carboxylic acids is 2. The summed E-state index contributed by atoms with van der Waals surface area (Å²) in [6.07, 6.45) is 2.93. The highest BCUT2D eigenvalue weighted by Crippen LogP contribution is 2.43. The highest BCUT2D eigenvalue weighted by Gasteiger charge is 2.45. The van der Waals surface area contributed by atoms with Gasteiger partial charge in [0.15, 0.2) is 0 Å². The van der Waals surface area contributed by atoms with Crippen molar-refractivity contribution < 1.29 is 23.1 Å². The molecule has 1 aromatic heterocycles. The Hall–Kier alpha value is -3.04. The number of imidazole rings is 1. The molecule has 0 saturated heterocycles. The van der Waals surface area contributed by atoms with E-state index in [1.165, 1.54) is 31.4 Å². The lowest BCUT2D eigenvalue weighted by molar-refractivity contribution is -0.146. The minimum Gasteiger partial charge on any atom is -0.469 e. The first-order valence-electron chi connectivity index (χ1n) is 14.8. The second-order valence-electron chi connectivity index (χ2n) is 12.2. The molecule has 0 radical (unpaired) electrons. The van der Waals surface area contributed by atoms with E-state index in [9.17, 15) is 14.0 Å². The van der Waals surface area contributed by atoms with Crippen LogP contribution in [0.15, 0.2) is 42.5 Å². The summed E-state index contributed by atoms with van der Waals surface area (Å²) in [6.45, 7) is 14.2. The first-order chi connectivity index (χ1) is 19.5. The minimum absolute atomic E-state index is 0.0519. The number of nitrogens with one attached hydrogen (secondary N) is 1. The lowest BCUT2D eigenvalue weighted by Crippen LogP contribution is -2.47. The number of methoxy groups -OCH3 is 1. The van der Waals surface area contributed by atoms with Crippen LogP contribution >= 0.6 is 0 Å². The smallest absolute Gasteiger partial charge is 0.308 e. The Morgan fingerprint density at radius 3 is 2.15 bits per heavy atom. The number of anilines is 1. The zero-order chi connectivity index (χ0) is 29.9. The Labute approximate surface area is 244 Å². The fraction of sp³-hybridized carbons (Fsp3) is 0.531. The number of hydrogen-bond donors (Lipinski definition) is 1. The van der Waals surface area contributed by atoms with Gasteiger partial charge >= 0.3 is 5.97 Å². The fourth-order valence-electron chi connectivity index (χ4n) is 6.91. The van der Waals surface area contributed by atoms with E-state index in [2.05, 4.69) is 63.6 Å². The van der Waals surface area contributed by atoms with Gasteiger partial charge < -0.3 is 13.7 Å². The van der Waals surface area contributed by atoms with E-state index in [1.807, 2.05) is 6.07 Å². The quantitative estimate of drug-likeness (QED) is 0.194. The Morgan fingerprint density at radius 2 is 1.59 bits per heavy atom. The number of ether oxygens (including phenoxy) is 1. The molecule has 0 spiro atoms. The molecule has 41 heavy (non-hydrogen) atoms. The molecule has 1 heterocycles. The molecular formula is C32H44FN3O4Si. The van der Waals surface area contributed by atoms with Crippen LogP contribution in [0.2, 0.25) is 16.6 Å². The molecule has 1 aliphatic rings. The molecule has 1 saturated carbocycles. The van der Waals surface area contributed by atoms with Crippen LogP contribution in [0.25, 0.3) is 11.0 Å². The van der Waals surface area contributed by atoms with Gasteiger partial charge in [0.25, 0.3) is 5.91 Å². The van der Waals surface area contributed by atoms with Crippen LogP contribution in [-0.4, -0.2) is 36.9 Å². The van der Waals surface area contributed by atoms with Crippen molar-refractivity contribution in [1.82, 2.24) is 9.55 Å². The van der Waals surface area contributed by atoms with Gasteiger partial charge in [-0.3, -0.25) is 14.9 Å². The zero-order valence-corrected chi connectivity index (χ0v) is 26.4. The van der Waals surface area contributed by atoms with Crippen LogP contribution in [0, 0.1) is 11.7 Å². The second-order valence-corrected chi connectivity index (χ2v) is 17.7. The number of benzene rings is 2. The highest BCUT2D eigenvalue weighted by molar-refractivity contribution is 6.77. The number of fused-ring (bicyclic) bond motifs is 1. The third-order valence-corrected chi connectivity index (χ3v) is 14.9. The normalized spacial score (nSPS) is 17.9. The third kappa shape index (κ3) is 6.41. The summed E-state index contributed by atoms with van der Waals surface area (Å²) in [5, 5.41) is 2.97. The van der Waals surface area contributed by atoms with Crippen molar-refractivity contribution in [2.75, 3.05) is 12.4 Å². The SMILES string of the molecule is COC(=O)C1CCC(n2c(NC(=O)c3ccc(F)cc3)nc3ccc(CO[Si](C(C)C)(C(C)C)C(C)C)cc32)CC1. The van der Waals surface area contributed by atoms with Crippen molar-refractivity contribution in [3.63, 3.8) is 0 Å². The van der Waals surface area contributed by atoms with Gasteiger partial charge in [0.1, 0.15) is 5.82 Å². The number of amides is 1. The van der Waals surface area contributed by atoms with E-state index < -0.39 is 14.1 Å². The average molecular weight is 582 g/mol. The molecule has 0 bridgehead atoms. The van der Waals surface area contributed by atoms with Gasteiger partial charge in [0, 0.05) is 11.6 Å². The molecule has 222 valence electrons. The van der Waals surface area contributed by atoms with Crippen molar-refractivity contribution in [3.05, 3.63) is 59.4 Å². The number of nitrogens with zero attached hydrogens (tertiary/aromatic N) is 2. The van der Waals surface area contributed by atoms with Crippen molar-refractivity contribution in [2.24, 2.45) is 5.92 Å². The molecule has 9 heteroatoms. The van der Waals surface area contributed by atoms with Gasteiger partial charge in [-0.2, -0.15) is 0 Å². The maximum absolute atomic E-state index is 13.5. The molecule has 7 nitrogen and oxygen atoms in total. The average Bonchev–Trinajstić information content (AvgIpc) is 3.29. The van der Waals surface area contributed by atoms with Gasteiger partial charge in [-0.15, -0.1) is 0 Å². The summed E-state index contributed by atoms with van der Waals surface area (Å²) in [5.74, 6) is -0.589. The highest BCUT2D eigenvalue weighted by atomic mass is 28.4. The Bertz CT molecular complexity index is 1340. The molecule has 0 aliphatic heterocycles. The molecule has 0 atom stereocenters. The monoisotopic (exact) mass is 581 g/mol. The van der Waals surface area contributed by atoms with Gasteiger partial charge in [-0.05, 0) is 84.3 Å². The second kappa shape index (κ2) is 12.9. The largest absolute Gasteiger partial charge is 0.469 e. The molecular weight excluding hydrogens is 537 g/mol. The van der Waals surface area contributed by atoms with Crippen molar-refractivity contribution >= 4 is 37.2 Å². The van der Waals surface area contributed by atoms with Gasteiger partial charge in [0.2, 0.25) is 14.3 Å². The third-order valence-electron chi connectivity index (χ3n) is 8.88. The zero-order valence-electron chi connectivity index (χ0n) is 25.4. The van der Waals surface area contributed by atoms with Gasteiger partial charge in [-0.25, -0.2) is 9.37 Å². The van der Waals surface area contributed by atoms with Gasteiger partial charge in [-0.1, -0.05) is 47.6 Å². The molecule has 3 aromatic rings. The van der Waals surface area contributed by atoms with Crippen LogP contribution < -0.4 is 5.32 Å². The Balaban J connectivity index is 1.69. The fourth-order valence-corrected chi connectivity index (χ4v) is 12.3. The molecule has 1 N–H and O–H groups in total. The first kappa shape index (κ1) is 30.9. The lowest BCUT2D eigenvalue weighted by Gasteiger charge is -2.42. The number of hydrogen-bond acceptors (Lipinski definition) is 5. The van der Waals surface area contributed by atoms with Crippen LogP contribution in [0.4, 0.5) is 10.3 Å². The summed E-state index contributed by atoms with van der Waals surface area (Å²) in [5.41, 5.74) is 4.56. The molecule has 4 rings (SSSR count). The first-order valence-corrected chi connectivity index (χ1v) is 16.9. The maximum atomic E-state index is 13.5. The summed E-state index contributed by atoms with van der Waals surface area (Å²) >= 11 is 0. The topological polar surface area (TPSA) is 82.5 Å². The van der Waals surface area contributed by atoms with E-state index in [4.69, 9.17) is 14.1 Å². The van der Waals surface area contributed by atoms with Crippen LogP contribution in [0.1, 0.15) is 89.2 Å². The van der Waals surface area contributed by atoms with Crippen LogP contribution in [0.3, 0.4) is 0 Å². The van der Waals surface area contributed by atoms with E-state index in [-0.39, 0.29) is 23.8 Å². The maximum Gasteiger partial charge on any atom is 0.308 e. The predicted octanol–water partition coefficient (Wildman–Crippen LogP) is 8.02. The van der Waals surface area contributed by atoms with Crippen molar-refractivity contribution in [1.29, 1.82) is 0 Å². The van der Waals surface area contributed by atoms with Crippen molar-refractivity contribution in [2.45, 2.75) is 96.5 Å². The summed E-state index contributed by atoms with van der Waals surface area (Å²) in [4.78, 5) is 30.1. The van der Waals surface area contributed by atoms with E-state index in [0.717, 1.165) is 29.4 Å². The molecule has 1 amide bonds. The van der Waals surface area contributed by atoms with E-state index in [0.29, 0.717) is 47.6 Å². The predicted molar refractivity (Wildman–Crippen MR) is 163 cm³/mol.